The lowest BCUT2D eigenvalue weighted by Gasteiger charge is -2.34. The molecule has 1 N–H and O–H groups in total. The molecule has 2 aliphatic rings. The van der Waals surface area contributed by atoms with Gasteiger partial charge in [-0.25, -0.2) is 0 Å². The molecule has 2 aliphatic heterocycles. The smallest absolute Gasteiger partial charge is 0.239 e. The van der Waals surface area contributed by atoms with E-state index < -0.39 is 0 Å². The molecule has 0 aromatic rings. The number of hydrogen-bond donors (Lipinski definition) is 1. The topological polar surface area (TPSA) is 38.8 Å². The van der Waals surface area contributed by atoms with E-state index in [0.717, 1.165) is 58.8 Å². The summed E-state index contributed by atoms with van der Waals surface area (Å²) in [7, 11) is 2.17. The Labute approximate surface area is 110 Å². The van der Waals surface area contributed by atoms with Gasteiger partial charge in [-0.1, -0.05) is 0 Å². The number of hydrogen-bond acceptors (Lipinski definition) is 4. The molecule has 0 spiro atoms. The van der Waals surface area contributed by atoms with Gasteiger partial charge in [-0.15, -0.1) is 0 Å². The molecule has 5 nitrogen and oxygen atoms in total. The largest absolute Gasteiger partial charge is 0.340 e. The molecule has 1 unspecified atom stereocenters. The van der Waals surface area contributed by atoms with Crippen molar-refractivity contribution in [2.75, 3.05) is 59.4 Å². The molecule has 18 heavy (non-hydrogen) atoms. The third-order valence-electron chi connectivity index (χ3n) is 4.02. The summed E-state index contributed by atoms with van der Waals surface area (Å²) in [5.41, 5.74) is 0. The molecule has 0 aliphatic carbocycles. The van der Waals surface area contributed by atoms with Crippen molar-refractivity contribution < 1.29 is 4.79 Å². The van der Waals surface area contributed by atoms with Gasteiger partial charge in [0.1, 0.15) is 0 Å². The maximum Gasteiger partial charge on any atom is 0.239 e. The van der Waals surface area contributed by atoms with Gasteiger partial charge in [-0.05, 0) is 26.9 Å². The Kier molecular flexibility index (Phi) is 4.97. The standard InChI is InChI=1S/C13H26N4O/c1-12-13(18)17(5-3-4-14-12)11-10-16-8-6-15(2)7-9-16/h12,14H,3-11H2,1-2H3. The Morgan fingerprint density at radius 3 is 2.61 bits per heavy atom. The number of carbonyl (C=O) groups is 1. The fourth-order valence-corrected chi connectivity index (χ4v) is 2.62. The molecular formula is C13H26N4O. The Morgan fingerprint density at radius 1 is 1.17 bits per heavy atom. The van der Waals surface area contributed by atoms with E-state index >= 15 is 0 Å². The van der Waals surface area contributed by atoms with E-state index in [-0.39, 0.29) is 11.9 Å². The van der Waals surface area contributed by atoms with Crippen molar-refractivity contribution in [2.45, 2.75) is 19.4 Å². The summed E-state index contributed by atoms with van der Waals surface area (Å²) in [6.07, 6.45) is 1.07. The first-order valence-electron chi connectivity index (χ1n) is 7.10. The first-order chi connectivity index (χ1) is 8.66. The highest BCUT2D eigenvalue weighted by Gasteiger charge is 2.23. The van der Waals surface area contributed by atoms with Crippen molar-refractivity contribution in [3.63, 3.8) is 0 Å². The van der Waals surface area contributed by atoms with Gasteiger partial charge in [0.2, 0.25) is 5.91 Å². The van der Waals surface area contributed by atoms with Gasteiger partial charge < -0.3 is 15.1 Å². The van der Waals surface area contributed by atoms with E-state index in [1.165, 1.54) is 0 Å². The summed E-state index contributed by atoms with van der Waals surface area (Å²) in [6, 6.07) is -0.0139. The molecule has 0 aromatic carbocycles. The highest BCUT2D eigenvalue weighted by Crippen LogP contribution is 2.04. The Balaban J connectivity index is 1.76. The summed E-state index contributed by atoms with van der Waals surface area (Å²) < 4.78 is 0. The van der Waals surface area contributed by atoms with Crippen LogP contribution in [0.15, 0.2) is 0 Å². The van der Waals surface area contributed by atoms with Gasteiger partial charge in [-0.2, -0.15) is 0 Å². The average Bonchev–Trinajstić information content (AvgIpc) is 2.53. The van der Waals surface area contributed by atoms with Crippen LogP contribution in [0.1, 0.15) is 13.3 Å². The summed E-state index contributed by atoms with van der Waals surface area (Å²) in [5.74, 6) is 0.265. The van der Waals surface area contributed by atoms with Crippen LogP contribution in [-0.2, 0) is 4.79 Å². The van der Waals surface area contributed by atoms with Crippen LogP contribution in [0.25, 0.3) is 0 Å². The maximum absolute atomic E-state index is 12.1. The van der Waals surface area contributed by atoms with Crippen LogP contribution in [0, 0.1) is 0 Å². The average molecular weight is 254 g/mol. The Bertz CT molecular complexity index is 276. The van der Waals surface area contributed by atoms with Crippen molar-refractivity contribution >= 4 is 5.91 Å². The molecule has 0 aromatic heterocycles. The normalized spacial score (nSPS) is 28.4. The van der Waals surface area contributed by atoms with Crippen molar-refractivity contribution in [3.05, 3.63) is 0 Å². The Hall–Kier alpha value is -0.650. The number of amides is 1. The molecule has 2 heterocycles. The lowest BCUT2D eigenvalue weighted by molar-refractivity contribution is -0.132. The van der Waals surface area contributed by atoms with Crippen molar-refractivity contribution in [2.24, 2.45) is 0 Å². The van der Waals surface area contributed by atoms with E-state index in [1.54, 1.807) is 0 Å². The molecule has 2 saturated heterocycles. The highest BCUT2D eigenvalue weighted by molar-refractivity contribution is 5.81. The number of nitrogens with zero attached hydrogens (tertiary/aromatic N) is 3. The van der Waals surface area contributed by atoms with Crippen LogP contribution in [0.5, 0.6) is 0 Å². The second kappa shape index (κ2) is 6.50. The molecular weight excluding hydrogens is 228 g/mol. The Morgan fingerprint density at radius 2 is 1.89 bits per heavy atom. The van der Waals surface area contributed by atoms with Gasteiger partial charge >= 0.3 is 0 Å². The van der Waals surface area contributed by atoms with Gasteiger partial charge in [0.15, 0.2) is 0 Å². The van der Waals surface area contributed by atoms with Gasteiger partial charge in [0.05, 0.1) is 6.04 Å². The molecule has 0 saturated carbocycles. The summed E-state index contributed by atoms with van der Waals surface area (Å²) >= 11 is 0. The second-order valence-corrected chi connectivity index (χ2v) is 5.50. The number of carbonyl (C=O) groups excluding carboxylic acids is 1. The highest BCUT2D eigenvalue weighted by atomic mass is 16.2. The third-order valence-corrected chi connectivity index (χ3v) is 4.02. The van der Waals surface area contributed by atoms with Gasteiger partial charge in [0.25, 0.3) is 0 Å². The van der Waals surface area contributed by atoms with Crippen molar-refractivity contribution in [1.29, 1.82) is 0 Å². The molecule has 2 rings (SSSR count). The van der Waals surface area contributed by atoms with E-state index in [1.807, 2.05) is 11.8 Å². The quantitative estimate of drug-likeness (QED) is 0.733. The first kappa shape index (κ1) is 13.8. The van der Waals surface area contributed by atoms with Gasteiger partial charge in [0, 0.05) is 45.8 Å². The summed E-state index contributed by atoms with van der Waals surface area (Å²) in [4.78, 5) is 19.0. The van der Waals surface area contributed by atoms with Crippen LogP contribution in [0.4, 0.5) is 0 Å². The minimum Gasteiger partial charge on any atom is -0.340 e. The number of rotatable bonds is 3. The molecule has 0 bridgehead atoms. The fraction of sp³-hybridized carbons (Fsp3) is 0.923. The molecule has 0 radical (unpaired) electrons. The lowest BCUT2D eigenvalue weighted by Crippen LogP contribution is -2.49. The molecule has 1 amide bonds. The predicted molar refractivity (Wildman–Crippen MR) is 72.6 cm³/mol. The molecule has 2 fully saturated rings. The third kappa shape index (κ3) is 3.67. The fourth-order valence-electron chi connectivity index (χ4n) is 2.62. The maximum atomic E-state index is 12.1. The van der Waals surface area contributed by atoms with E-state index in [4.69, 9.17) is 0 Å². The van der Waals surface area contributed by atoms with Gasteiger partial charge in [-0.3, -0.25) is 9.69 Å². The number of piperazine rings is 1. The SMILES string of the molecule is CC1NCCCN(CCN2CCN(C)CC2)C1=O. The zero-order valence-electron chi connectivity index (χ0n) is 11.7. The number of nitrogens with one attached hydrogen (secondary N) is 1. The van der Waals surface area contributed by atoms with Crippen LogP contribution >= 0.6 is 0 Å². The van der Waals surface area contributed by atoms with Crippen LogP contribution in [0.2, 0.25) is 0 Å². The van der Waals surface area contributed by atoms with Crippen molar-refractivity contribution in [1.82, 2.24) is 20.0 Å². The van der Waals surface area contributed by atoms with E-state index in [0.29, 0.717) is 0 Å². The number of likely N-dealkylation sites (N-methyl/N-ethyl adjacent to an activating group) is 1. The van der Waals surface area contributed by atoms with Crippen LogP contribution in [-0.4, -0.2) is 86.1 Å². The zero-order valence-corrected chi connectivity index (χ0v) is 11.7. The molecule has 5 heteroatoms. The lowest BCUT2D eigenvalue weighted by atomic mass is 10.3. The van der Waals surface area contributed by atoms with Crippen LogP contribution in [0.3, 0.4) is 0 Å². The summed E-state index contributed by atoms with van der Waals surface area (Å²) in [5, 5.41) is 3.26. The van der Waals surface area contributed by atoms with E-state index in [9.17, 15) is 4.79 Å². The van der Waals surface area contributed by atoms with Crippen molar-refractivity contribution in [3.8, 4) is 0 Å². The van der Waals surface area contributed by atoms with E-state index in [2.05, 4.69) is 22.2 Å². The monoisotopic (exact) mass is 254 g/mol. The minimum absolute atomic E-state index is 0.0139. The zero-order chi connectivity index (χ0) is 13.0. The first-order valence-corrected chi connectivity index (χ1v) is 7.10. The molecule has 1 atom stereocenters. The molecule has 104 valence electrons. The van der Waals surface area contributed by atoms with Crippen LogP contribution < -0.4 is 5.32 Å². The predicted octanol–water partition coefficient (Wildman–Crippen LogP) is -0.556. The second-order valence-electron chi connectivity index (χ2n) is 5.50. The minimum atomic E-state index is -0.0139. The summed E-state index contributed by atoms with van der Waals surface area (Å²) in [6.45, 7) is 10.3.